The maximum absolute atomic E-state index is 5.58. The molecule has 0 fully saturated rings. The molecular weight excluding hydrogens is 196 g/mol. The number of hydrazine groups is 1. The molecular formula is C10H18N2OS. The molecule has 0 aliphatic heterocycles. The molecule has 1 aromatic heterocycles. The third-order valence-corrected chi connectivity index (χ3v) is 3.52. The highest BCUT2D eigenvalue weighted by molar-refractivity contribution is 7.07. The van der Waals surface area contributed by atoms with Crippen LogP contribution in [0.4, 0.5) is 0 Å². The SMILES string of the molecule is CCC(C)(OC)C(NN)c1ccsc1. The van der Waals surface area contributed by atoms with Gasteiger partial charge in [0.25, 0.3) is 0 Å². The normalized spacial score (nSPS) is 17.7. The van der Waals surface area contributed by atoms with E-state index in [1.807, 2.05) is 5.38 Å². The van der Waals surface area contributed by atoms with E-state index in [9.17, 15) is 0 Å². The average molecular weight is 214 g/mol. The van der Waals surface area contributed by atoms with Crippen LogP contribution in [0.3, 0.4) is 0 Å². The van der Waals surface area contributed by atoms with Crippen molar-refractivity contribution in [1.29, 1.82) is 0 Å². The van der Waals surface area contributed by atoms with E-state index in [1.165, 1.54) is 5.56 Å². The highest BCUT2D eigenvalue weighted by Crippen LogP contribution is 2.31. The van der Waals surface area contributed by atoms with Crippen molar-refractivity contribution in [2.75, 3.05) is 7.11 Å². The number of ether oxygens (including phenoxy) is 1. The average Bonchev–Trinajstić information content (AvgIpc) is 2.72. The van der Waals surface area contributed by atoms with Crippen LogP contribution in [0, 0.1) is 0 Å². The molecule has 0 saturated heterocycles. The largest absolute Gasteiger partial charge is 0.376 e. The zero-order valence-corrected chi connectivity index (χ0v) is 9.73. The first-order valence-electron chi connectivity index (χ1n) is 4.71. The molecule has 4 heteroatoms. The fraction of sp³-hybridized carbons (Fsp3) is 0.600. The molecule has 0 amide bonds. The molecule has 0 aliphatic rings. The van der Waals surface area contributed by atoms with Crippen LogP contribution in [0.5, 0.6) is 0 Å². The minimum absolute atomic E-state index is 0.0451. The first-order chi connectivity index (χ1) is 6.68. The second-order valence-electron chi connectivity index (χ2n) is 3.53. The molecule has 80 valence electrons. The lowest BCUT2D eigenvalue weighted by Crippen LogP contribution is -2.45. The number of rotatable bonds is 5. The lowest BCUT2D eigenvalue weighted by Gasteiger charge is -2.35. The molecule has 0 aliphatic carbocycles. The molecule has 14 heavy (non-hydrogen) atoms. The zero-order valence-electron chi connectivity index (χ0n) is 8.91. The van der Waals surface area contributed by atoms with Crippen molar-refractivity contribution in [3.8, 4) is 0 Å². The summed E-state index contributed by atoms with van der Waals surface area (Å²) in [4.78, 5) is 0. The number of hydrogen-bond acceptors (Lipinski definition) is 4. The molecule has 0 spiro atoms. The maximum Gasteiger partial charge on any atom is 0.0855 e. The van der Waals surface area contributed by atoms with Crippen molar-refractivity contribution in [2.45, 2.75) is 31.9 Å². The van der Waals surface area contributed by atoms with Gasteiger partial charge in [-0.15, -0.1) is 0 Å². The summed E-state index contributed by atoms with van der Waals surface area (Å²) in [6.07, 6.45) is 0.911. The van der Waals surface area contributed by atoms with Gasteiger partial charge >= 0.3 is 0 Å². The predicted octanol–water partition coefficient (Wildman–Crippen LogP) is 2.07. The van der Waals surface area contributed by atoms with Gasteiger partial charge in [0.05, 0.1) is 11.6 Å². The Kier molecular flexibility index (Phi) is 4.07. The molecule has 1 heterocycles. The maximum atomic E-state index is 5.58. The molecule has 2 atom stereocenters. The van der Waals surface area contributed by atoms with Gasteiger partial charge in [-0.2, -0.15) is 11.3 Å². The van der Waals surface area contributed by atoms with Crippen molar-refractivity contribution in [2.24, 2.45) is 5.84 Å². The van der Waals surface area contributed by atoms with E-state index < -0.39 is 0 Å². The van der Waals surface area contributed by atoms with Crippen LogP contribution in [-0.2, 0) is 4.74 Å². The second kappa shape index (κ2) is 4.89. The van der Waals surface area contributed by atoms with Crippen LogP contribution in [0.15, 0.2) is 16.8 Å². The third kappa shape index (κ3) is 2.15. The molecule has 0 aromatic carbocycles. The quantitative estimate of drug-likeness (QED) is 0.582. The molecule has 0 radical (unpaired) electrons. The lowest BCUT2D eigenvalue weighted by molar-refractivity contribution is -0.0299. The molecule has 3 N–H and O–H groups in total. The summed E-state index contributed by atoms with van der Waals surface area (Å²) in [6.45, 7) is 4.16. The van der Waals surface area contributed by atoms with Gasteiger partial charge in [0.2, 0.25) is 0 Å². The standard InChI is InChI=1S/C10H18N2OS/c1-4-10(2,13-3)9(12-11)8-5-6-14-7-8/h5-7,9,12H,4,11H2,1-3H3. The summed E-state index contributed by atoms with van der Waals surface area (Å²) in [7, 11) is 1.72. The van der Waals surface area contributed by atoms with E-state index in [0.29, 0.717) is 0 Å². The van der Waals surface area contributed by atoms with E-state index in [0.717, 1.165) is 6.42 Å². The Morgan fingerprint density at radius 2 is 2.43 bits per heavy atom. The smallest absolute Gasteiger partial charge is 0.0855 e. The molecule has 1 rings (SSSR count). The van der Waals surface area contributed by atoms with Gasteiger partial charge in [-0.05, 0) is 35.7 Å². The Morgan fingerprint density at radius 1 is 1.71 bits per heavy atom. The van der Waals surface area contributed by atoms with Crippen molar-refractivity contribution in [3.05, 3.63) is 22.4 Å². The summed E-state index contributed by atoms with van der Waals surface area (Å²) in [6, 6.07) is 2.12. The summed E-state index contributed by atoms with van der Waals surface area (Å²) in [5, 5.41) is 4.14. The van der Waals surface area contributed by atoms with Crippen LogP contribution in [0.1, 0.15) is 31.9 Å². The van der Waals surface area contributed by atoms with Gasteiger partial charge in [-0.3, -0.25) is 11.3 Å². The summed E-state index contributed by atoms with van der Waals surface area (Å²) >= 11 is 1.67. The summed E-state index contributed by atoms with van der Waals surface area (Å²) < 4.78 is 5.53. The van der Waals surface area contributed by atoms with Gasteiger partial charge in [-0.1, -0.05) is 6.92 Å². The second-order valence-corrected chi connectivity index (χ2v) is 4.31. The van der Waals surface area contributed by atoms with Crippen LogP contribution < -0.4 is 11.3 Å². The number of nitrogens with one attached hydrogen (secondary N) is 1. The van der Waals surface area contributed by atoms with Crippen LogP contribution in [0.25, 0.3) is 0 Å². The van der Waals surface area contributed by atoms with E-state index in [2.05, 4.69) is 30.7 Å². The molecule has 1 aromatic rings. The first-order valence-corrected chi connectivity index (χ1v) is 5.65. The van der Waals surface area contributed by atoms with Crippen LogP contribution >= 0.6 is 11.3 Å². The fourth-order valence-electron chi connectivity index (χ4n) is 1.53. The van der Waals surface area contributed by atoms with Gasteiger partial charge < -0.3 is 4.74 Å². The Morgan fingerprint density at radius 3 is 2.79 bits per heavy atom. The van der Waals surface area contributed by atoms with Crippen LogP contribution in [-0.4, -0.2) is 12.7 Å². The van der Waals surface area contributed by atoms with Crippen molar-refractivity contribution >= 4 is 11.3 Å². The van der Waals surface area contributed by atoms with E-state index in [4.69, 9.17) is 10.6 Å². The monoisotopic (exact) mass is 214 g/mol. The highest BCUT2D eigenvalue weighted by Gasteiger charge is 2.33. The topological polar surface area (TPSA) is 47.3 Å². The van der Waals surface area contributed by atoms with Crippen molar-refractivity contribution < 1.29 is 4.74 Å². The van der Waals surface area contributed by atoms with Crippen LogP contribution in [0.2, 0.25) is 0 Å². The Bertz CT molecular complexity index is 257. The molecule has 3 nitrogen and oxygen atoms in total. The number of hydrogen-bond donors (Lipinski definition) is 2. The number of nitrogens with two attached hydrogens (primary N) is 1. The van der Waals surface area contributed by atoms with Gasteiger partial charge in [0, 0.05) is 7.11 Å². The molecule has 2 unspecified atom stereocenters. The summed E-state index contributed by atoms with van der Waals surface area (Å²) in [5.74, 6) is 5.58. The molecule has 0 bridgehead atoms. The Balaban J connectivity index is 2.91. The van der Waals surface area contributed by atoms with Gasteiger partial charge in [0.15, 0.2) is 0 Å². The van der Waals surface area contributed by atoms with Gasteiger partial charge in [0.1, 0.15) is 0 Å². The Labute approximate surface area is 89.2 Å². The number of thiophene rings is 1. The van der Waals surface area contributed by atoms with Gasteiger partial charge in [-0.25, -0.2) is 0 Å². The van der Waals surface area contributed by atoms with Crippen molar-refractivity contribution in [3.63, 3.8) is 0 Å². The van der Waals surface area contributed by atoms with E-state index >= 15 is 0 Å². The third-order valence-electron chi connectivity index (χ3n) is 2.82. The predicted molar refractivity (Wildman–Crippen MR) is 60.1 cm³/mol. The number of methoxy groups -OCH3 is 1. The zero-order chi connectivity index (χ0) is 10.6. The van der Waals surface area contributed by atoms with Crippen molar-refractivity contribution in [1.82, 2.24) is 5.43 Å². The lowest BCUT2D eigenvalue weighted by atomic mass is 9.89. The first kappa shape index (κ1) is 11.7. The highest BCUT2D eigenvalue weighted by atomic mass is 32.1. The fourth-order valence-corrected chi connectivity index (χ4v) is 2.22. The molecule has 0 saturated carbocycles. The van der Waals surface area contributed by atoms with E-state index in [-0.39, 0.29) is 11.6 Å². The Hall–Kier alpha value is -0.420. The minimum atomic E-state index is -0.254. The minimum Gasteiger partial charge on any atom is -0.376 e. The van der Waals surface area contributed by atoms with E-state index in [1.54, 1.807) is 18.4 Å². The summed E-state index contributed by atoms with van der Waals surface area (Å²) in [5.41, 5.74) is 3.76.